The van der Waals surface area contributed by atoms with E-state index < -0.39 is 0 Å². The first-order valence-electron chi connectivity index (χ1n) is 16.4. The van der Waals surface area contributed by atoms with Crippen molar-refractivity contribution in [3.63, 3.8) is 0 Å². The highest BCUT2D eigenvalue weighted by Crippen LogP contribution is 2.74. The van der Waals surface area contributed by atoms with E-state index in [0.717, 1.165) is 59.6 Å². The minimum absolute atomic E-state index is 0.0283. The molecule has 47 heavy (non-hydrogen) atoms. The minimum atomic E-state index is 0.0283. The molecule has 0 atom stereocenters. The summed E-state index contributed by atoms with van der Waals surface area (Å²) in [4.78, 5) is 3.80. The van der Waals surface area contributed by atoms with Gasteiger partial charge in [-0.25, -0.2) is 0 Å². The van der Waals surface area contributed by atoms with Crippen molar-refractivity contribution in [2.75, 3.05) is 17.3 Å². The summed E-state index contributed by atoms with van der Waals surface area (Å²) in [6, 6.07) is 17.4. The van der Waals surface area contributed by atoms with Gasteiger partial charge in [-0.05, 0) is 175 Å². The van der Waals surface area contributed by atoms with Gasteiger partial charge in [-0.3, -0.25) is 0 Å². The van der Waals surface area contributed by atoms with Crippen molar-refractivity contribution in [3.05, 3.63) is 108 Å². The molecule has 0 spiro atoms. The lowest BCUT2D eigenvalue weighted by molar-refractivity contribution is -0.145. The van der Waals surface area contributed by atoms with Gasteiger partial charge < -0.3 is 5.53 Å². The van der Waals surface area contributed by atoms with Crippen molar-refractivity contribution in [1.82, 2.24) is 0 Å². The quantitative estimate of drug-likeness (QED) is 0.0730. The number of rotatable bonds is 6. The first-order chi connectivity index (χ1) is 22.1. The smallest absolute Gasteiger partial charge is 0.332 e. The molecule has 4 aliphatic rings. The van der Waals surface area contributed by atoms with Crippen LogP contribution in [0.5, 0.6) is 0 Å². The molecular formula is C40H44Br2N2S3. The number of thiol groups is 3. The molecule has 7 rings (SSSR count). The lowest BCUT2D eigenvalue weighted by Gasteiger charge is -2.71. The highest BCUT2D eigenvalue weighted by Gasteiger charge is 2.67. The molecular weight excluding hydrogens is 764 g/mol. The second-order valence-electron chi connectivity index (χ2n) is 16.1. The molecule has 0 amide bonds. The topological polar surface area (TPSA) is 36.4 Å². The lowest BCUT2D eigenvalue weighted by atomic mass is 9.35. The fraction of sp³-hybridized carbons (Fsp3) is 0.475. The molecule has 4 bridgehead atoms. The van der Waals surface area contributed by atoms with Gasteiger partial charge >= 0.3 is 5.71 Å². The molecule has 3 aromatic rings. The molecule has 4 saturated carbocycles. The van der Waals surface area contributed by atoms with Crippen molar-refractivity contribution in [2.45, 2.75) is 84.0 Å². The van der Waals surface area contributed by atoms with Crippen molar-refractivity contribution >= 4 is 75.5 Å². The zero-order valence-electron chi connectivity index (χ0n) is 28.0. The predicted molar refractivity (Wildman–Crippen MR) is 214 cm³/mol. The number of hydrogen-bond donors (Lipinski definition) is 3. The number of nitrogens with zero attached hydrogens (tertiary/aromatic N) is 2. The molecule has 0 radical (unpaired) electrons. The Bertz CT molecular complexity index is 1750. The first-order valence-corrected chi connectivity index (χ1v) is 19.9. The maximum absolute atomic E-state index is 10.3. The summed E-state index contributed by atoms with van der Waals surface area (Å²) >= 11 is 22.3. The van der Waals surface area contributed by atoms with Gasteiger partial charge in [0.1, 0.15) is 0 Å². The van der Waals surface area contributed by atoms with Gasteiger partial charge in [-0.15, -0.1) is 0 Å². The van der Waals surface area contributed by atoms with Crippen molar-refractivity contribution in [2.24, 2.45) is 16.2 Å². The van der Waals surface area contributed by atoms with Crippen LogP contribution in [-0.2, 0) is 10.8 Å². The summed E-state index contributed by atoms with van der Waals surface area (Å²) in [5.41, 5.74) is 20.3. The largest absolute Gasteiger partial charge is 0.361 e. The summed E-state index contributed by atoms with van der Waals surface area (Å²) in [5.74, 6) is 9.61. The summed E-state index contributed by atoms with van der Waals surface area (Å²) in [7, 11) is 0. The normalized spacial score (nSPS) is 27.7. The van der Waals surface area contributed by atoms with Crippen LogP contribution in [0.2, 0.25) is 0 Å². The predicted octanol–water partition coefficient (Wildman–Crippen LogP) is 11.0. The van der Waals surface area contributed by atoms with Gasteiger partial charge in [0.05, 0.1) is 11.1 Å². The van der Waals surface area contributed by atoms with E-state index in [4.69, 9.17) is 37.9 Å². The molecule has 0 N–H and O–H groups in total. The third-order valence-corrected chi connectivity index (χ3v) is 14.5. The average molecular weight is 809 g/mol. The summed E-state index contributed by atoms with van der Waals surface area (Å²) in [6.45, 7) is 10.8. The van der Waals surface area contributed by atoms with Crippen LogP contribution in [0.1, 0.15) is 104 Å². The van der Waals surface area contributed by atoms with Crippen LogP contribution in [-0.4, -0.2) is 27.8 Å². The fourth-order valence-electron chi connectivity index (χ4n) is 10.0. The van der Waals surface area contributed by atoms with Crippen LogP contribution in [0.4, 0.5) is 0 Å². The van der Waals surface area contributed by atoms with Crippen LogP contribution in [0, 0.1) is 41.9 Å². The summed E-state index contributed by atoms with van der Waals surface area (Å²) < 4.78 is 1.63. The number of aryl methyl sites for hydroxylation is 2. The van der Waals surface area contributed by atoms with E-state index >= 15 is 0 Å². The Labute approximate surface area is 314 Å². The van der Waals surface area contributed by atoms with E-state index in [-0.39, 0.29) is 27.1 Å². The molecule has 7 heteroatoms. The molecule has 4 fully saturated rings. The molecule has 2 nitrogen and oxygen atoms in total. The standard InChI is InChI=1S/C40H44Br2N2S3/c1-25-12-30(36(3,4)5)13-26(2)33(25)35(44-43)34-31(41)14-28(15-32(34)42)7-6-27-8-10-29(11-9-27)40-19-37(22-45)16-38(20-40,23-46)18-39(17-37,21-40)24-47/h8-15,45-47H,16-24H2,1-5H3. The molecule has 0 aliphatic heterocycles. The van der Waals surface area contributed by atoms with Crippen molar-refractivity contribution < 1.29 is 4.79 Å². The number of hydrogen-bond acceptors (Lipinski definition) is 3. The van der Waals surface area contributed by atoms with E-state index in [0.29, 0.717) is 5.71 Å². The second-order valence-corrected chi connectivity index (χ2v) is 18.8. The van der Waals surface area contributed by atoms with Crippen LogP contribution < -0.4 is 0 Å². The molecule has 3 aromatic carbocycles. The molecule has 0 heterocycles. The molecule has 4 aliphatic carbocycles. The summed E-state index contributed by atoms with van der Waals surface area (Å²) in [6.07, 6.45) is 7.41. The minimum Gasteiger partial charge on any atom is -0.361 e. The Hall–Kier alpha value is -1.39. The van der Waals surface area contributed by atoms with E-state index in [1.54, 1.807) is 0 Å². The van der Waals surface area contributed by atoms with Crippen LogP contribution in [0.25, 0.3) is 5.53 Å². The third kappa shape index (κ3) is 6.39. The number of halogens is 2. The zero-order valence-corrected chi connectivity index (χ0v) is 33.8. The lowest BCUT2D eigenvalue weighted by Crippen LogP contribution is -2.64. The maximum Gasteiger partial charge on any atom is 0.332 e. The Balaban J connectivity index is 1.28. The highest BCUT2D eigenvalue weighted by molar-refractivity contribution is 9.11. The fourth-order valence-corrected chi connectivity index (χ4v) is 12.6. The number of benzene rings is 3. The SMILES string of the molecule is Cc1cc(C(C)(C)C)cc(C)c1C(=[N+]=[N-])c1c(Br)cc(C#Cc2ccc(C34CC5(CS)CC(CS)(CC(CS)(C5)C3)C4)cc2)cc1Br. The molecule has 0 unspecified atom stereocenters. The monoisotopic (exact) mass is 806 g/mol. The van der Waals surface area contributed by atoms with Crippen molar-refractivity contribution in [1.29, 1.82) is 0 Å². The van der Waals surface area contributed by atoms with Crippen LogP contribution in [0.3, 0.4) is 0 Å². The van der Waals surface area contributed by atoms with Crippen LogP contribution >= 0.6 is 69.7 Å². The van der Waals surface area contributed by atoms with Gasteiger partial charge in [-0.2, -0.15) is 42.7 Å². The Morgan fingerprint density at radius 2 is 1.17 bits per heavy atom. The molecule has 246 valence electrons. The molecule has 0 saturated heterocycles. The summed E-state index contributed by atoms with van der Waals surface area (Å²) in [5, 5.41) is 0. The van der Waals surface area contributed by atoms with E-state index in [1.807, 2.05) is 12.1 Å². The average Bonchev–Trinajstić information content (AvgIpc) is 3.01. The molecule has 0 aromatic heterocycles. The Morgan fingerprint density at radius 1 is 0.723 bits per heavy atom. The van der Waals surface area contributed by atoms with Gasteiger partial charge in [0.15, 0.2) is 0 Å². The Morgan fingerprint density at radius 3 is 1.57 bits per heavy atom. The maximum atomic E-state index is 10.3. The third-order valence-electron chi connectivity index (χ3n) is 11.3. The van der Waals surface area contributed by atoms with Gasteiger partial charge in [0.25, 0.3) is 0 Å². The first kappa shape index (κ1) is 35.4. The van der Waals surface area contributed by atoms with Gasteiger partial charge in [-0.1, -0.05) is 56.9 Å². The van der Waals surface area contributed by atoms with E-state index in [9.17, 15) is 5.53 Å². The zero-order chi connectivity index (χ0) is 34.0. The second kappa shape index (κ2) is 12.7. The van der Waals surface area contributed by atoms with E-state index in [1.165, 1.54) is 49.7 Å². The van der Waals surface area contributed by atoms with Crippen molar-refractivity contribution in [3.8, 4) is 11.8 Å². The van der Waals surface area contributed by atoms with Crippen LogP contribution in [0.15, 0.2) is 57.5 Å². The van der Waals surface area contributed by atoms with E-state index in [2.05, 4.69) is 120 Å². The Kier molecular flexibility index (Phi) is 9.60. The van der Waals surface area contributed by atoms with Gasteiger partial charge in [0.2, 0.25) is 0 Å². The highest BCUT2D eigenvalue weighted by atomic mass is 79.9. The van der Waals surface area contributed by atoms with Gasteiger partial charge in [0, 0.05) is 20.1 Å².